The first-order valence-corrected chi connectivity index (χ1v) is 2.83. The van der Waals surface area contributed by atoms with Crippen LogP contribution in [0.3, 0.4) is 0 Å². The van der Waals surface area contributed by atoms with Gasteiger partial charge in [-0.3, -0.25) is 0 Å². The molecule has 0 aliphatic rings. The van der Waals surface area contributed by atoms with Crippen LogP contribution in [0.25, 0.3) is 0 Å². The molecule has 2 nitrogen and oxygen atoms in total. The van der Waals surface area contributed by atoms with Crippen LogP contribution in [-0.2, 0) is 4.74 Å². The number of ether oxygens (including phenoxy) is 1. The number of methoxy groups -OCH3 is 1. The van der Waals surface area contributed by atoms with E-state index in [1.165, 1.54) is 0 Å². The lowest BCUT2D eigenvalue weighted by Gasteiger charge is -2.16. The fraction of sp³-hybridized carbons (Fsp3) is 1.00. The highest BCUT2D eigenvalue weighted by Crippen LogP contribution is 2.21. The second kappa shape index (κ2) is 4.00. The van der Waals surface area contributed by atoms with Gasteiger partial charge in [0.2, 0.25) is 0 Å². The molecule has 0 radical (unpaired) electrons. The van der Waals surface area contributed by atoms with Crippen LogP contribution in [0.4, 0.5) is 13.2 Å². The summed E-state index contributed by atoms with van der Waals surface area (Å²) in [5, 5.41) is 0. The lowest BCUT2D eigenvalue weighted by molar-refractivity contribution is -0.209. The van der Waals surface area contributed by atoms with Crippen LogP contribution in [0.15, 0.2) is 0 Å². The zero-order valence-electron chi connectivity index (χ0n) is 5.20. The summed E-state index contributed by atoms with van der Waals surface area (Å²) >= 11 is 4.85. The van der Waals surface area contributed by atoms with Crippen LogP contribution in [0.1, 0.15) is 0 Å². The van der Waals surface area contributed by atoms with Gasteiger partial charge < -0.3 is 4.74 Å². The van der Waals surface area contributed by atoms with Crippen LogP contribution in [0.2, 0.25) is 0 Å². The maximum absolute atomic E-state index is 11.7. The first-order chi connectivity index (χ1) is 4.52. The fourth-order valence-electron chi connectivity index (χ4n) is 0.403. The van der Waals surface area contributed by atoms with Gasteiger partial charge in [-0.15, -0.1) is 0 Å². The minimum absolute atomic E-state index is 0.443. The quantitative estimate of drug-likeness (QED) is 0.657. The summed E-state index contributed by atoms with van der Waals surface area (Å²) in [7, 11) is 0.979. The van der Waals surface area contributed by atoms with Crippen LogP contribution in [0.5, 0.6) is 0 Å². The van der Waals surface area contributed by atoms with Gasteiger partial charge >= 0.3 is 6.18 Å². The first kappa shape index (κ1) is 10.0. The zero-order chi connectivity index (χ0) is 8.20. The Morgan fingerprint density at radius 3 is 2.20 bits per heavy atom. The van der Waals surface area contributed by atoms with Gasteiger partial charge in [0.1, 0.15) is 0 Å². The monoisotopic (exact) mass is 177 g/mol. The van der Waals surface area contributed by atoms with Crippen molar-refractivity contribution in [1.29, 1.82) is 0 Å². The minimum atomic E-state index is -4.35. The molecule has 0 rings (SSSR count). The Morgan fingerprint density at radius 1 is 1.60 bits per heavy atom. The summed E-state index contributed by atoms with van der Waals surface area (Å²) in [4.78, 5) is 1.85. The summed E-state index contributed by atoms with van der Waals surface area (Å²) in [5.41, 5.74) is 0. The van der Waals surface area contributed by atoms with Gasteiger partial charge in [-0.05, 0) is 11.8 Å². The van der Waals surface area contributed by atoms with Gasteiger partial charge in [-0.25, -0.2) is 4.84 Å². The van der Waals surface area contributed by atoms with E-state index in [-0.39, 0.29) is 0 Å². The third-order valence-corrected chi connectivity index (χ3v) is 1.07. The van der Waals surface area contributed by atoms with Crippen molar-refractivity contribution < 1.29 is 17.9 Å². The Morgan fingerprint density at radius 2 is 2.10 bits per heavy atom. The van der Waals surface area contributed by atoms with E-state index in [2.05, 4.69) is 4.74 Å². The smallest absolute Gasteiger partial charge is 0.371 e. The molecule has 0 spiro atoms. The lowest BCUT2D eigenvalue weighted by Crippen LogP contribution is -2.37. The average molecular weight is 178 g/mol. The topological polar surface area (TPSA) is 21.3 Å². The van der Waals surface area contributed by atoms with Crippen molar-refractivity contribution in [2.24, 2.45) is 0 Å². The summed E-state index contributed by atoms with van der Waals surface area (Å²) in [6, 6.07) is 0. The molecule has 0 bridgehead atoms. The van der Waals surface area contributed by atoms with E-state index < -0.39 is 18.8 Å². The zero-order valence-corrected chi connectivity index (χ0v) is 5.96. The number of halogens is 4. The average Bonchev–Trinajstić information content (AvgIpc) is 1.80. The summed E-state index contributed by atoms with van der Waals surface area (Å²) < 4.78 is 39.1. The summed E-state index contributed by atoms with van der Waals surface area (Å²) in [6.07, 6.45) is -6.18. The van der Waals surface area contributed by atoms with Crippen molar-refractivity contribution in [1.82, 2.24) is 4.84 Å². The predicted octanol–water partition coefficient (Wildman–Crippen LogP) is 1.31. The van der Waals surface area contributed by atoms with Gasteiger partial charge in [-0.1, -0.05) is 0 Å². The summed E-state index contributed by atoms with van der Waals surface area (Å²) in [6.45, 7) is -0.443. The molecule has 62 valence electrons. The van der Waals surface area contributed by atoms with Crippen LogP contribution in [-0.4, -0.2) is 25.9 Å². The molecule has 0 saturated carbocycles. The predicted molar refractivity (Wildman–Crippen MR) is 30.7 cm³/mol. The molecule has 6 heteroatoms. The Kier molecular flexibility index (Phi) is 4.00. The molecule has 0 fully saturated rings. The van der Waals surface area contributed by atoms with E-state index in [9.17, 15) is 13.2 Å². The molecular weight excluding hydrogens is 170 g/mol. The maximum atomic E-state index is 11.7. The molecule has 10 heavy (non-hydrogen) atoms. The molecule has 1 atom stereocenters. The van der Waals surface area contributed by atoms with Crippen LogP contribution >= 0.6 is 11.8 Å². The molecule has 0 heterocycles. The standard InChI is InChI=1S/C4H7ClF3NO/c1-10-3(2-9-5)4(6,7)8/h3,9H,2H2,1H3/t3-/m0/s1. The molecule has 0 amide bonds. The highest BCUT2D eigenvalue weighted by molar-refractivity contribution is 6.13. The Balaban J connectivity index is 3.81. The fourth-order valence-corrected chi connectivity index (χ4v) is 0.543. The van der Waals surface area contributed by atoms with Gasteiger partial charge in [-0.2, -0.15) is 13.2 Å². The van der Waals surface area contributed by atoms with Crippen molar-refractivity contribution in [3.05, 3.63) is 0 Å². The molecule has 0 aliphatic carbocycles. The van der Waals surface area contributed by atoms with E-state index in [1.54, 1.807) is 0 Å². The number of hydrogen-bond acceptors (Lipinski definition) is 2. The molecule has 0 aliphatic heterocycles. The van der Waals surface area contributed by atoms with Crippen LogP contribution < -0.4 is 4.84 Å². The van der Waals surface area contributed by atoms with E-state index in [0.29, 0.717) is 0 Å². The maximum Gasteiger partial charge on any atom is 0.415 e. The molecule has 1 N–H and O–H groups in total. The molecule has 0 saturated heterocycles. The Labute approximate surface area is 61.4 Å². The van der Waals surface area contributed by atoms with E-state index in [0.717, 1.165) is 7.11 Å². The van der Waals surface area contributed by atoms with Gasteiger partial charge in [0.05, 0.1) is 0 Å². The normalized spacial score (nSPS) is 15.3. The number of nitrogens with one attached hydrogen (secondary N) is 1. The van der Waals surface area contributed by atoms with Gasteiger partial charge in [0.25, 0.3) is 0 Å². The second-order valence-corrected chi connectivity index (χ2v) is 1.87. The largest absolute Gasteiger partial charge is 0.415 e. The van der Waals surface area contributed by atoms with Crippen LogP contribution in [0, 0.1) is 0 Å². The molecule has 0 aromatic heterocycles. The second-order valence-electron chi connectivity index (χ2n) is 1.60. The van der Waals surface area contributed by atoms with E-state index in [4.69, 9.17) is 11.8 Å². The van der Waals surface area contributed by atoms with Gasteiger partial charge in [0, 0.05) is 13.7 Å². The Hall–Kier alpha value is -0.0000000000000000555. The SMILES string of the molecule is CO[C@@H](CNCl)C(F)(F)F. The third-order valence-electron chi connectivity index (χ3n) is 0.912. The van der Waals surface area contributed by atoms with Crippen molar-refractivity contribution in [2.45, 2.75) is 12.3 Å². The van der Waals surface area contributed by atoms with Crippen molar-refractivity contribution in [3.8, 4) is 0 Å². The first-order valence-electron chi connectivity index (χ1n) is 2.45. The third kappa shape index (κ3) is 3.24. The van der Waals surface area contributed by atoms with Crippen molar-refractivity contribution >= 4 is 11.8 Å². The molecule has 0 aromatic carbocycles. The highest BCUT2D eigenvalue weighted by atomic mass is 35.5. The van der Waals surface area contributed by atoms with E-state index >= 15 is 0 Å². The summed E-state index contributed by atoms with van der Waals surface area (Å²) in [5.74, 6) is 0. The highest BCUT2D eigenvalue weighted by Gasteiger charge is 2.39. The van der Waals surface area contributed by atoms with Gasteiger partial charge in [0.15, 0.2) is 6.10 Å². The lowest BCUT2D eigenvalue weighted by atomic mass is 10.3. The van der Waals surface area contributed by atoms with E-state index in [1.807, 2.05) is 4.84 Å². The molecular formula is C4H7ClF3NO. The molecule has 0 unspecified atom stereocenters. The Bertz CT molecular complexity index is 97.0. The number of alkyl halides is 3. The van der Waals surface area contributed by atoms with Crippen molar-refractivity contribution in [3.63, 3.8) is 0 Å². The molecule has 0 aromatic rings. The number of rotatable bonds is 3. The number of hydrogen-bond donors (Lipinski definition) is 1. The minimum Gasteiger partial charge on any atom is -0.371 e. The van der Waals surface area contributed by atoms with Crippen molar-refractivity contribution in [2.75, 3.05) is 13.7 Å².